The molecule has 6 nitrogen and oxygen atoms in total. The molecule has 0 aliphatic heterocycles. The fourth-order valence-corrected chi connectivity index (χ4v) is 3.31. The third kappa shape index (κ3) is 6.62. The Morgan fingerprint density at radius 1 is 1.00 bits per heavy atom. The van der Waals surface area contributed by atoms with Crippen molar-refractivity contribution in [1.82, 2.24) is 5.32 Å². The molecular formula is C25H22ClF2N3O3. The first-order chi connectivity index (χ1) is 16.4. The molecule has 0 fully saturated rings. The van der Waals surface area contributed by atoms with Crippen LogP contribution < -0.4 is 10.6 Å². The van der Waals surface area contributed by atoms with Crippen molar-refractivity contribution in [3.8, 4) is 0 Å². The molecule has 2 N–H and O–H groups in total. The van der Waals surface area contributed by atoms with E-state index in [1.165, 1.54) is 6.07 Å². The zero-order valence-corrected chi connectivity index (χ0v) is 19.0. The molecule has 0 saturated carbocycles. The number of halogens is 3. The highest BCUT2D eigenvalue weighted by molar-refractivity contribution is 6.31. The molecule has 3 aromatic rings. The molecule has 0 spiro atoms. The van der Waals surface area contributed by atoms with Crippen molar-refractivity contribution < 1.29 is 23.2 Å². The Labute approximate surface area is 200 Å². The maximum Gasteiger partial charge on any atom is 0.326 e. The first-order valence-corrected chi connectivity index (χ1v) is 10.9. The Morgan fingerprint density at radius 3 is 2.35 bits per heavy atom. The van der Waals surface area contributed by atoms with Crippen molar-refractivity contribution in [3.63, 3.8) is 0 Å². The van der Waals surface area contributed by atoms with Crippen LogP contribution in [-0.4, -0.2) is 17.6 Å². The van der Waals surface area contributed by atoms with E-state index in [0.29, 0.717) is 10.6 Å². The number of oxime groups is 1. The molecule has 3 rings (SSSR count). The predicted octanol–water partition coefficient (Wildman–Crippen LogP) is 6.30. The van der Waals surface area contributed by atoms with Crippen LogP contribution in [0.15, 0.2) is 71.9 Å². The van der Waals surface area contributed by atoms with Crippen LogP contribution in [-0.2, 0) is 11.4 Å². The normalized spacial score (nSPS) is 11.1. The van der Waals surface area contributed by atoms with Crippen molar-refractivity contribution >= 4 is 34.9 Å². The second-order valence-electron chi connectivity index (χ2n) is 7.24. The highest BCUT2D eigenvalue weighted by Crippen LogP contribution is 2.22. The average Bonchev–Trinajstić information content (AvgIpc) is 2.80. The van der Waals surface area contributed by atoms with Crippen molar-refractivity contribution in [3.05, 3.63) is 100 Å². The lowest BCUT2D eigenvalue weighted by molar-refractivity contribution is 0.0959. The Hall–Kier alpha value is -3.78. The van der Waals surface area contributed by atoms with E-state index < -0.39 is 29.1 Å². The molecule has 0 aliphatic rings. The lowest BCUT2D eigenvalue weighted by atomic mass is 10.1. The highest BCUT2D eigenvalue weighted by atomic mass is 35.5. The van der Waals surface area contributed by atoms with Crippen LogP contribution in [0.2, 0.25) is 5.02 Å². The SMILES string of the molecule is CCC/C(=N\OCc1ccc(NC(=O)NC(=O)c2c(F)cccc2F)cc1Cl)c1ccccc1. The number of carbonyl (C=O) groups is 2. The van der Waals surface area contributed by atoms with Gasteiger partial charge in [0.25, 0.3) is 5.91 Å². The van der Waals surface area contributed by atoms with Gasteiger partial charge in [0.15, 0.2) is 0 Å². The van der Waals surface area contributed by atoms with E-state index in [-0.39, 0.29) is 12.3 Å². The molecule has 0 saturated heterocycles. The molecule has 0 bridgehead atoms. The van der Waals surface area contributed by atoms with Crippen LogP contribution >= 0.6 is 11.6 Å². The van der Waals surface area contributed by atoms with Gasteiger partial charge in [0, 0.05) is 16.3 Å². The molecule has 0 atom stereocenters. The molecule has 0 aliphatic carbocycles. The van der Waals surface area contributed by atoms with E-state index in [9.17, 15) is 18.4 Å². The number of anilines is 1. The maximum absolute atomic E-state index is 13.7. The molecule has 9 heteroatoms. The fourth-order valence-electron chi connectivity index (χ4n) is 3.07. The summed E-state index contributed by atoms with van der Waals surface area (Å²) in [6.45, 7) is 2.16. The van der Waals surface area contributed by atoms with Crippen molar-refractivity contribution in [2.24, 2.45) is 5.16 Å². The van der Waals surface area contributed by atoms with Crippen LogP contribution in [0, 0.1) is 11.6 Å². The molecule has 0 radical (unpaired) electrons. The third-order valence-corrected chi connectivity index (χ3v) is 5.07. The highest BCUT2D eigenvalue weighted by Gasteiger charge is 2.19. The van der Waals surface area contributed by atoms with Crippen LogP contribution in [0.4, 0.5) is 19.3 Å². The average molecular weight is 486 g/mol. The van der Waals surface area contributed by atoms with Gasteiger partial charge in [0.05, 0.1) is 5.71 Å². The van der Waals surface area contributed by atoms with E-state index in [4.69, 9.17) is 16.4 Å². The molecule has 0 heterocycles. The number of carbonyl (C=O) groups excluding carboxylic acids is 2. The number of rotatable bonds is 8. The minimum atomic E-state index is -1.21. The molecule has 3 amide bonds. The van der Waals surface area contributed by atoms with Crippen molar-refractivity contribution in [1.29, 1.82) is 0 Å². The smallest absolute Gasteiger partial charge is 0.326 e. The van der Waals surface area contributed by atoms with Gasteiger partial charge < -0.3 is 10.2 Å². The van der Waals surface area contributed by atoms with Gasteiger partial charge in [-0.1, -0.05) is 72.6 Å². The van der Waals surface area contributed by atoms with Gasteiger partial charge >= 0.3 is 6.03 Å². The zero-order valence-electron chi connectivity index (χ0n) is 18.3. The summed E-state index contributed by atoms with van der Waals surface area (Å²) in [5, 5.41) is 8.82. The second-order valence-corrected chi connectivity index (χ2v) is 7.65. The first-order valence-electron chi connectivity index (χ1n) is 10.5. The van der Waals surface area contributed by atoms with Gasteiger partial charge in [-0.15, -0.1) is 0 Å². The Kier molecular flexibility index (Phi) is 8.70. The molecule has 176 valence electrons. The molecule has 0 aromatic heterocycles. The number of benzene rings is 3. The molecule has 34 heavy (non-hydrogen) atoms. The number of nitrogens with zero attached hydrogens (tertiary/aromatic N) is 1. The second kappa shape index (κ2) is 11.9. The van der Waals surface area contributed by atoms with Gasteiger partial charge in [0.1, 0.15) is 23.8 Å². The number of imide groups is 1. The molecular weight excluding hydrogens is 464 g/mol. The summed E-state index contributed by atoms with van der Waals surface area (Å²) < 4.78 is 27.4. The Balaban J connectivity index is 1.60. The summed E-state index contributed by atoms with van der Waals surface area (Å²) in [7, 11) is 0. The molecule has 0 unspecified atom stereocenters. The summed E-state index contributed by atoms with van der Waals surface area (Å²) >= 11 is 6.28. The van der Waals surface area contributed by atoms with Crippen molar-refractivity contribution in [2.75, 3.05) is 5.32 Å². The van der Waals surface area contributed by atoms with Crippen LogP contribution in [0.5, 0.6) is 0 Å². The first kappa shape index (κ1) is 24.9. The zero-order chi connectivity index (χ0) is 24.5. The van der Waals surface area contributed by atoms with Gasteiger partial charge in [-0.25, -0.2) is 13.6 Å². The summed E-state index contributed by atoms with van der Waals surface area (Å²) in [4.78, 5) is 29.6. The van der Waals surface area contributed by atoms with Crippen LogP contribution in [0.1, 0.15) is 41.3 Å². The van der Waals surface area contributed by atoms with Gasteiger partial charge in [-0.05, 0) is 36.2 Å². The monoisotopic (exact) mass is 485 g/mol. The van der Waals surface area contributed by atoms with E-state index in [1.807, 2.05) is 35.6 Å². The van der Waals surface area contributed by atoms with E-state index in [1.54, 1.807) is 12.1 Å². The van der Waals surface area contributed by atoms with E-state index >= 15 is 0 Å². The summed E-state index contributed by atoms with van der Waals surface area (Å²) in [5.41, 5.74) is 1.86. The minimum absolute atomic E-state index is 0.108. The summed E-state index contributed by atoms with van der Waals surface area (Å²) in [6.07, 6.45) is 1.66. The number of hydrogen-bond acceptors (Lipinski definition) is 4. The van der Waals surface area contributed by atoms with Crippen LogP contribution in [0.25, 0.3) is 0 Å². The number of urea groups is 1. The summed E-state index contributed by atoms with van der Waals surface area (Å²) in [5.74, 6) is -3.35. The van der Waals surface area contributed by atoms with E-state index in [2.05, 4.69) is 17.4 Å². The summed E-state index contributed by atoms with van der Waals surface area (Å²) in [6, 6.07) is 16.3. The number of nitrogens with one attached hydrogen (secondary N) is 2. The predicted molar refractivity (Wildman–Crippen MR) is 127 cm³/mol. The number of hydrogen-bond donors (Lipinski definition) is 2. The van der Waals surface area contributed by atoms with Crippen molar-refractivity contribution in [2.45, 2.75) is 26.4 Å². The topological polar surface area (TPSA) is 79.8 Å². The lowest BCUT2D eigenvalue weighted by Gasteiger charge is -2.10. The number of amides is 3. The maximum atomic E-state index is 13.7. The molecule has 3 aromatic carbocycles. The fraction of sp³-hybridized carbons (Fsp3) is 0.160. The largest absolute Gasteiger partial charge is 0.391 e. The quantitative estimate of drug-likeness (QED) is 0.290. The standard InChI is InChI=1S/C25H22ClF2N3O3/c1-2-7-22(16-8-4-3-5-9-16)31-34-15-17-12-13-18(14-19(17)26)29-25(33)30-24(32)23-20(27)10-6-11-21(23)28/h3-6,8-14H,2,7,15H2,1H3,(H2,29,30,32,33)/b31-22+. The third-order valence-electron chi connectivity index (χ3n) is 4.72. The minimum Gasteiger partial charge on any atom is -0.391 e. The van der Waals surface area contributed by atoms with E-state index in [0.717, 1.165) is 42.3 Å². The Morgan fingerprint density at radius 2 is 1.71 bits per heavy atom. The van der Waals surface area contributed by atoms with Gasteiger partial charge in [0.2, 0.25) is 0 Å². The van der Waals surface area contributed by atoms with Crippen LogP contribution in [0.3, 0.4) is 0 Å². The van der Waals surface area contributed by atoms with Gasteiger partial charge in [-0.3, -0.25) is 10.1 Å². The lowest BCUT2D eigenvalue weighted by Crippen LogP contribution is -2.35. The Bertz CT molecular complexity index is 1180. The van der Waals surface area contributed by atoms with Gasteiger partial charge in [-0.2, -0.15) is 0 Å².